The Morgan fingerprint density at radius 1 is 1.52 bits per heavy atom. The Bertz CT molecular complexity index is 660. The molecule has 1 aliphatic rings. The molecule has 0 N–H and O–H groups in total. The van der Waals surface area contributed by atoms with Gasteiger partial charge >= 0.3 is 11.8 Å². The van der Waals surface area contributed by atoms with Crippen molar-refractivity contribution in [2.45, 2.75) is 19.1 Å². The Morgan fingerprint density at radius 2 is 2.24 bits per heavy atom. The summed E-state index contributed by atoms with van der Waals surface area (Å²) in [5, 5.41) is 10.7. The smallest absolute Gasteiger partial charge is 0.415 e. The largest absolute Gasteiger partial charge is 0.489 e. The third-order valence-electron chi connectivity index (χ3n) is 3.11. The fourth-order valence-corrected chi connectivity index (χ4v) is 2.48. The zero-order chi connectivity index (χ0) is 15.0. The second kappa shape index (κ2) is 5.17. The molecule has 1 aromatic carbocycles. The molecule has 7 nitrogen and oxygen atoms in total. The molecule has 1 aromatic heterocycles. The van der Waals surface area contributed by atoms with Crippen LogP contribution in [0.1, 0.15) is 6.92 Å². The van der Waals surface area contributed by atoms with Crippen LogP contribution in [0.5, 0.6) is 11.8 Å². The highest BCUT2D eigenvalue weighted by atomic mass is 127. The van der Waals surface area contributed by atoms with Gasteiger partial charge in [0.05, 0.1) is 6.54 Å². The average Bonchev–Trinajstić information content (AvgIpc) is 2.93. The van der Waals surface area contributed by atoms with Crippen molar-refractivity contribution in [3.05, 3.63) is 44.1 Å². The molecule has 2 heterocycles. The van der Waals surface area contributed by atoms with E-state index in [2.05, 4.69) is 27.6 Å². The van der Waals surface area contributed by atoms with Crippen LogP contribution >= 0.6 is 22.6 Å². The molecule has 0 bridgehead atoms. The number of halogens is 1. The number of hydrogen-bond donors (Lipinski definition) is 0. The van der Waals surface area contributed by atoms with Crippen molar-refractivity contribution >= 4 is 28.4 Å². The highest BCUT2D eigenvalue weighted by Crippen LogP contribution is 2.31. The van der Waals surface area contributed by atoms with Crippen molar-refractivity contribution in [2.24, 2.45) is 0 Å². The monoisotopic (exact) mass is 401 g/mol. The lowest BCUT2D eigenvalue weighted by molar-refractivity contribution is -0.389. The number of rotatable bonds is 4. The zero-order valence-electron chi connectivity index (χ0n) is 11.2. The lowest BCUT2D eigenvalue weighted by Gasteiger charge is -2.22. The van der Waals surface area contributed by atoms with E-state index in [4.69, 9.17) is 9.47 Å². The van der Waals surface area contributed by atoms with Gasteiger partial charge in [-0.2, -0.15) is 0 Å². The van der Waals surface area contributed by atoms with E-state index in [-0.39, 0.29) is 11.8 Å². The second-order valence-electron chi connectivity index (χ2n) is 5.06. The quantitative estimate of drug-likeness (QED) is 0.447. The van der Waals surface area contributed by atoms with Crippen LogP contribution in [-0.2, 0) is 6.54 Å². The van der Waals surface area contributed by atoms with Gasteiger partial charge in [-0.25, -0.2) is 0 Å². The molecule has 0 radical (unpaired) electrons. The van der Waals surface area contributed by atoms with Gasteiger partial charge in [0, 0.05) is 8.55 Å². The minimum Gasteiger partial charge on any atom is -0.489 e. The van der Waals surface area contributed by atoms with Gasteiger partial charge in [0.1, 0.15) is 18.6 Å². The molecule has 0 saturated heterocycles. The molecule has 3 rings (SSSR count). The Kier molecular flexibility index (Phi) is 3.47. The van der Waals surface area contributed by atoms with E-state index in [1.165, 1.54) is 6.20 Å². The van der Waals surface area contributed by atoms with E-state index in [0.717, 1.165) is 9.32 Å². The summed E-state index contributed by atoms with van der Waals surface area (Å²) < 4.78 is 14.2. The van der Waals surface area contributed by atoms with Gasteiger partial charge in [-0.15, -0.1) is 0 Å². The third-order valence-corrected chi connectivity index (χ3v) is 3.83. The van der Waals surface area contributed by atoms with E-state index < -0.39 is 10.5 Å². The van der Waals surface area contributed by atoms with Crippen molar-refractivity contribution < 1.29 is 14.4 Å². The molecule has 1 unspecified atom stereocenters. The Hall–Kier alpha value is -1.84. The van der Waals surface area contributed by atoms with E-state index in [1.807, 2.05) is 31.2 Å². The number of nitrogens with zero attached hydrogens (tertiary/aromatic N) is 3. The SMILES string of the molecule is CC1(COc2ccc(I)cc2)Cn2cc([N+](=O)[O-])nc2O1. The predicted molar refractivity (Wildman–Crippen MR) is 82.6 cm³/mol. The summed E-state index contributed by atoms with van der Waals surface area (Å²) in [5.41, 5.74) is -0.583. The fourth-order valence-electron chi connectivity index (χ4n) is 2.12. The van der Waals surface area contributed by atoms with Crippen LogP contribution in [0, 0.1) is 13.7 Å². The van der Waals surface area contributed by atoms with Crippen LogP contribution in [0.3, 0.4) is 0 Å². The summed E-state index contributed by atoms with van der Waals surface area (Å²) in [6.07, 6.45) is 1.38. The van der Waals surface area contributed by atoms with Crippen molar-refractivity contribution in [3.8, 4) is 11.8 Å². The number of benzene rings is 1. The van der Waals surface area contributed by atoms with Crippen LogP contribution in [0.15, 0.2) is 30.5 Å². The van der Waals surface area contributed by atoms with E-state index in [1.54, 1.807) is 4.57 Å². The topological polar surface area (TPSA) is 79.4 Å². The molecule has 0 saturated carbocycles. The fraction of sp³-hybridized carbons (Fsp3) is 0.308. The van der Waals surface area contributed by atoms with Crippen molar-refractivity contribution in [1.29, 1.82) is 0 Å². The molecule has 0 fully saturated rings. The summed E-state index contributed by atoms with van der Waals surface area (Å²) >= 11 is 2.23. The highest BCUT2D eigenvalue weighted by molar-refractivity contribution is 14.1. The Morgan fingerprint density at radius 3 is 2.86 bits per heavy atom. The lowest BCUT2D eigenvalue weighted by Crippen LogP contribution is -2.38. The summed E-state index contributed by atoms with van der Waals surface area (Å²) in [5.74, 6) is 0.557. The molecule has 21 heavy (non-hydrogen) atoms. The van der Waals surface area contributed by atoms with Crippen LogP contribution < -0.4 is 9.47 Å². The second-order valence-corrected chi connectivity index (χ2v) is 6.31. The van der Waals surface area contributed by atoms with Gasteiger partial charge in [-0.05, 0) is 58.7 Å². The Labute approximate surface area is 134 Å². The molecule has 110 valence electrons. The van der Waals surface area contributed by atoms with E-state index in [9.17, 15) is 10.1 Å². The summed E-state index contributed by atoms with van der Waals surface area (Å²) in [6.45, 7) is 2.69. The molecule has 0 spiro atoms. The molecular weight excluding hydrogens is 389 g/mol. The van der Waals surface area contributed by atoms with Crippen LogP contribution in [-0.4, -0.2) is 26.7 Å². The maximum atomic E-state index is 10.7. The van der Waals surface area contributed by atoms with Gasteiger partial charge in [0.15, 0.2) is 5.60 Å². The summed E-state index contributed by atoms with van der Waals surface area (Å²) in [4.78, 5) is 14.0. The maximum Gasteiger partial charge on any atom is 0.415 e. The van der Waals surface area contributed by atoms with Crippen molar-refractivity contribution in [2.75, 3.05) is 6.61 Å². The van der Waals surface area contributed by atoms with Crippen LogP contribution in [0.25, 0.3) is 0 Å². The number of imidazole rings is 1. The first-order valence-corrected chi connectivity index (χ1v) is 7.32. The van der Waals surface area contributed by atoms with Gasteiger partial charge < -0.3 is 19.6 Å². The van der Waals surface area contributed by atoms with Crippen molar-refractivity contribution in [3.63, 3.8) is 0 Å². The first-order chi connectivity index (χ1) is 9.95. The maximum absolute atomic E-state index is 10.7. The van der Waals surface area contributed by atoms with E-state index >= 15 is 0 Å². The van der Waals surface area contributed by atoms with Crippen molar-refractivity contribution in [1.82, 2.24) is 9.55 Å². The lowest BCUT2D eigenvalue weighted by atomic mass is 10.1. The van der Waals surface area contributed by atoms with E-state index in [0.29, 0.717) is 13.2 Å². The van der Waals surface area contributed by atoms with Gasteiger partial charge in [-0.1, -0.05) is 0 Å². The minimum absolute atomic E-state index is 0.203. The van der Waals surface area contributed by atoms with Gasteiger partial charge in [0.25, 0.3) is 0 Å². The first-order valence-electron chi connectivity index (χ1n) is 6.24. The molecule has 1 atom stereocenters. The molecular formula is C13H12IN3O4. The summed E-state index contributed by atoms with van der Waals surface area (Å²) in [7, 11) is 0. The van der Waals surface area contributed by atoms with Crippen LogP contribution in [0.2, 0.25) is 0 Å². The number of aromatic nitrogens is 2. The van der Waals surface area contributed by atoms with Crippen LogP contribution in [0.4, 0.5) is 5.82 Å². The molecule has 2 aromatic rings. The average molecular weight is 401 g/mol. The first kappa shape index (κ1) is 14.1. The predicted octanol–water partition coefficient (Wildman–Crippen LogP) is 2.63. The highest BCUT2D eigenvalue weighted by Gasteiger charge is 2.41. The number of fused-ring (bicyclic) bond motifs is 1. The van der Waals surface area contributed by atoms with Gasteiger partial charge in [-0.3, -0.25) is 4.57 Å². The summed E-state index contributed by atoms with van der Waals surface area (Å²) in [6, 6.07) is 7.97. The molecule has 0 aliphatic carbocycles. The number of nitro groups is 1. The minimum atomic E-state index is -0.583. The zero-order valence-corrected chi connectivity index (χ0v) is 13.3. The Balaban J connectivity index is 1.65. The molecule has 8 heteroatoms. The van der Waals surface area contributed by atoms with Gasteiger partial charge in [0.2, 0.25) is 0 Å². The molecule has 0 amide bonds. The number of ether oxygens (including phenoxy) is 2. The normalized spacial score (nSPS) is 19.9. The molecule has 1 aliphatic heterocycles. The third kappa shape index (κ3) is 2.94. The number of hydrogen-bond acceptors (Lipinski definition) is 5. The standard InChI is InChI=1S/C13H12IN3O4/c1-13(8-20-10-4-2-9(14)3-5-10)7-16-6-11(17(18)19)15-12(16)21-13/h2-6H,7-8H2,1H3.